The number of rotatable bonds is 2. The summed E-state index contributed by atoms with van der Waals surface area (Å²) in [5, 5.41) is 10.5. The molecule has 2 aromatic carbocycles. The van der Waals surface area contributed by atoms with Gasteiger partial charge >= 0.3 is 5.97 Å². The summed E-state index contributed by atoms with van der Waals surface area (Å²) in [7, 11) is 0. The minimum Gasteiger partial charge on any atom is -0.478 e. The molecule has 19 heavy (non-hydrogen) atoms. The molecular weight excluding hydrogens is 242 g/mol. The molecule has 3 aromatic rings. The third-order valence-corrected chi connectivity index (χ3v) is 3.05. The van der Waals surface area contributed by atoms with Crippen molar-refractivity contribution in [1.29, 1.82) is 0 Å². The smallest absolute Gasteiger partial charge is 0.337 e. The molecule has 0 bridgehead atoms. The van der Waals surface area contributed by atoms with Crippen LogP contribution in [0.4, 0.5) is 0 Å². The highest BCUT2D eigenvalue weighted by atomic mass is 16.4. The molecule has 0 radical (unpaired) electrons. The lowest BCUT2D eigenvalue weighted by molar-refractivity contribution is 0.0701. The lowest BCUT2D eigenvalue weighted by atomic mass is 10.0. The molecule has 1 N–H and O–H groups in total. The van der Waals surface area contributed by atoms with Crippen LogP contribution in [0.3, 0.4) is 0 Å². The van der Waals surface area contributed by atoms with E-state index in [2.05, 4.69) is 4.98 Å². The Bertz CT molecular complexity index is 824. The highest BCUT2D eigenvalue weighted by Crippen LogP contribution is 2.26. The summed E-state index contributed by atoms with van der Waals surface area (Å²) >= 11 is 0. The summed E-state index contributed by atoms with van der Waals surface area (Å²) in [6.45, 7) is 0. The third kappa shape index (κ3) is 1.74. The van der Waals surface area contributed by atoms with Crippen LogP contribution in [0.25, 0.3) is 21.8 Å². The number of pyridine rings is 1. The van der Waals surface area contributed by atoms with Gasteiger partial charge < -0.3 is 5.11 Å². The zero-order valence-electron chi connectivity index (χ0n) is 9.83. The predicted octanol–water partition coefficient (Wildman–Crippen LogP) is 2.90. The van der Waals surface area contributed by atoms with Gasteiger partial charge in [0.15, 0.2) is 0 Å². The normalized spacial score (nSPS) is 10.7. The van der Waals surface area contributed by atoms with E-state index >= 15 is 0 Å². The Labute approximate surface area is 108 Å². The summed E-state index contributed by atoms with van der Waals surface area (Å²) in [4.78, 5) is 26.8. The van der Waals surface area contributed by atoms with E-state index in [1.165, 1.54) is 0 Å². The SMILES string of the molecule is O=Cc1ccc2nc3ccccc3c(C(=O)O)c2c1. The molecule has 0 saturated heterocycles. The number of hydrogen-bond donors (Lipinski definition) is 1. The quantitative estimate of drug-likeness (QED) is 0.561. The number of carbonyl (C=O) groups is 2. The number of carboxylic acid groups (broad SMARTS) is 1. The van der Waals surface area contributed by atoms with Crippen LogP contribution >= 0.6 is 0 Å². The van der Waals surface area contributed by atoms with Gasteiger partial charge in [-0.3, -0.25) is 4.79 Å². The van der Waals surface area contributed by atoms with Crippen LogP contribution in [0.15, 0.2) is 42.5 Å². The van der Waals surface area contributed by atoms with Gasteiger partial charge in [0.2, 0.25) is 0 Å². The fourth-order valence-electron chi connectivity index (χ4n) is 2.21. The molecule has 0 fully saturated rings. The van der Waals surface area contributed by atoms with Crippen molar-refractivity contribution in [3.63, 3.8) is 0 Å². The highest BCUT2D eigenvalue weighted by Gasteiger charge is 2.15. The number of carbonyl (C=O) groups excluding carboxylic acids is 1. The highest BCUT2D eigenvalue weighted by molar-refractivity contribution is 6.14. The van der Waals surface area contributed by atoms with Crippen LogP contribution in [0.1, 0.15) is 20.7 Å². The minimum atomic E-state index is -1.02. The zero-order valence-corrected chi connectivity index (χ0v) is 9.83. The number of nitrogens with zero attached hydrogens (tertiary/aromatic N) is 1. The standard InChI is InChI=1S/C15H9NO3/c17-8-9-5-6-13-11(7-9)14(15(18)19)10-3-1-2-4-12(10)16-13/h1-8H,(H,18,19). The molecular formula is C15H9NO3. The number of aromatic carboxylic acids is 1. The molecule has 0 atom stereocenters. The van der Waals surface area contributed by atoms with Gasteiger partial charge in [0.1, 0.15) is 6.29 Å². The molecule has 0 saturated carbocycles. The molecule has 1 heterocycles. The second kappa shape index (κ2) is 4.17. The topological polar surface area (TPSA) is 67.3 Å². The Morgan fingerprint density at radius 2 is 1.79 bits per heavy atom. The maximum atomic E-state index is 11.5. The molecule has 4 heteroatoms. The Morgan fingerprint density at radius 1 is 1.05 bits per heavy atom. The summed E-state index contributed by atoms with van der Waals surface area (Å²) in [5.41, 5.74) is 1.82. The van der Waals surface area contributed by atoms with E-state index in [9.17, 15) is 14.7 Å². The molecule has 92 valence electrons. The maximum Gasteiger partial charge on any atom is 0.337 e. The Kier molecular flexibility index (Phi) is 2.49. The number of hydrogen-bond acceptors (Lipinski definition) is 3. The second-order valence-electron chi connectivity index (χ2n) is 4.20. The molecule has 0 spiro atoms. The van der Waals surface area contributed by atoms with Crippen LogP contribution in [-0.4, -0.2) is 22.3 Å². The van der Waals surface area contributed by atoms with Crippen LogP contribution in [0.5, 0.6) is 0 Å². The summed E-state index contributed by atoms with van der Waals surface area (Å²) in [5.74, 6) is -1.02. The van der Waals surface area contributed by atoms with Crippen LogP contribution in [0, 0.1) is 0 Å². The molecule has 3 rings (SSSR count). The number of fused-ring (bicyclic) bond motifs is 2. The second-order valence-corrected chi connectivity index (χ2v) is 4.20. The van der Waals surface area contributed by atoms with E-state index in [0.717, 1.165) is 0 Å². The van der Waals surface area contributed by atoms with Crippen molar-refractivity contribution in [2.45, 2.75) is 0 Å². The molecule has 4 nitrogen and oxygen atoms in total. The molecule has 0 aliphatic carbocycles. The van der Waals surface area contributed by atoms with E-state index in [1.807, 2.05) is 6.07 Å². The first-order valence-corrected chi connectivity index (χ1v) is 5.71. The van der Waals surface area contributed by atoms with Crippen molar-refractivity contribution < 1.29 is 14.7 Å². The molecule has 0 unspecified atom stereocenters. The molecule has 1 aromatic heterocycles. The average molecular weight is 251 g/mol. The molecule has 0 amide bonds. The van der Waals surface area contributed by atoms with Gasteiger partial charge in [0.25, 0.3) is 0 Å². The first-order valence-electron chi connectivity index (χ1n) is 5.71. The van der Waals surface area contributed by atoms with Gasteiger partial charge in [-0.05, 0) is 24.3 Å². The van der Waals surface area contributed by atoms with Gasteiger partial charge in [-0.1, -0.05) is 18.2 Å². The van der Waals surface area contributed by atoms with E-state index in [4.69, 9.17) is 0 Å². The summed E-state index contributed by atoms with van der Waals surface area (Å²) in [6.07, 6.45) is 0.695. The van der Waals surface area contributed by atoms with Crippen molar-refractivity contribution in [3.8, 4) is 0 Å². The molecule has 0 aliphatic heterocycles. The van der Waals surface area contributed by atoms with Crippen molar-refractivity contribution in [2.75, 3.05) is 0 Å². The van der Waals surface area contributed by atoms with Crippen LogP contribution in [-0.2, 0) is 0 Å². The number of aromatic nitrogens is 1. The monoisotopic (exact) mass is 251 g/mol. The van der Waals surface area contributed by atoms with Gasteiger partial charge in [0, 0.05) is 16.3 Å². The minimum absolute atomic E-state index is 0.185. The fraction of sp³-hybridized carbons (Fsp3) is 0. The summed E-state index contributed by atoms with van der Waals surface area (Å²) in [6, 6.07) is 11.9. The third-order valence-electron chi connectivity index (χ3n) is 3.05. The number of benzene rings is 2. The Morgan fingerprint density at radius 3 is 2.53 bits per heavy atom. The largest absolute Gasteiger partial charge is 0.478 e. The zero-order chi connectivity index (χ0) is 13.4. The van der Waals surface area contributed by atoms with Crippen molar-refractivity contribution in [2.24, 2.45) is 0 Å². The van der Waals surface area contributed by atoms with E-state index in [1.54, 1.807) is 36.4 Å². The fourth-order valence-corrected chi connectivity index (χ4v) is 2.21. The van der Waals surface area contributed by atoms with Gasteiger partial charge in [0.05, 0.1) is 16.6 Å². The van der Waals surface area contributed by atoms with Gasteiger partial charge in [-0.2, -0.15) is 0 Å². The Hall–Kier alpha value is -2.75. The van der Waals surface area contributed by atoms with Crippen molar-refractivity contribution >= 4 is 34.1 Å². The van der Waals surface area contributed by atoms with E-state index in [-0.39, 0.29) is 5.56 Å². The Balaban J connectivity index is 2.56. The average Bonchev–Trinajstić information content (AvgIpc) is 2.43. The number of carboxylic acids is 1. The first-order chi connectivity index (χ1) is 9.20. The van der Waals surface area contributed by atoms with Crippen molar-refractivity contribution in [1.82, 2.24) is 4.98 Å². The molecule has 0 aliphatic rings. The maximum absolute atomic E-state index is 11.5. The lowest BCUT2D eigenvalue weighted by Gasteiger charge is -2.07. The van der Waals surface area contributed by atoms with E-state index < -0.39 is 5.97 Å². The first kappa shape index (κ1) is 11.3. The number of para-hydroxylation sites is 1. The predicted molar refractivity (Wildman–Crippen MR) is 71.6 cm³/mol. The van der Waals surface area contributed by atoms with Gasteiger partial charge in [-0.15, -0.1) is 0 Å². The summed E-state index contributed by atoms with van der Waals surface area (Å²) < 4.78 is 0. The lowest BCUT2D eigenvalue weighted by Crippen LogP contribution is -2.01. The van der Waals surface area contributed by atoms with E-state index in [0.29, 0.717) is 33.7 Å². The number of aldehydes is 1. The van der Waals surface area contributed by atoms with Crippen LogP contribution < -0.4 is 0 Å². The van der Waals surface area contributed by atoms with Crippen molar-refractivity contribution in [3.05, 3.63) is 53.6 Å². The van der Waals surface area contributed by atoms with Crippen LogP contribution in [0.2, 0.25) is 0 Å². The van der Waals surface area contributed by atoms with Gasteiger partial charge in [-0.25, -0.2) is 9.78 Å².